The van der Waals surface area contributed by atoms with Crippen LogP contribution in [-0.2, 0) is 6.42 Å². The van der Waals surface area contributed by atoms with Crippen molar-refractivity contribution in [2.75, 3.05) is 0 Å². The molecular weight excluding hydrogens is 667 g/mol. The van der Waals surface area contributed by atoms with Crippen molar-refractivity contribution < 1.29 is 4.42 Å². The maximum Gasteiger partial charge on any atom is 0.136 e. The summed E-state index contributed by atoms with van der Waals surface area (Å²) in [7, 11) is 0. The topological polar surface area (TPSA) is 39.2 Å². The summed E-state index contributed by atoms with van der Waals surface area (Å²) in [5.74, 6) is 0. The van der Waals surface area contributed by atoms with Gasteiger partial charge >= 0.3 is 0 Å². The third-order valence-corrected chi connectivity index (χ3v) is 9.96. The van der Waals surface area contributed by atoms with Crippen LogP contribution in [-0.4, -0.2) is 0 Å². The van der Waals surface area contributed by atoms with Crippen LogP contribution in [0.5, 0.6) is 0 Å². The molecule has 8 aromatic carbocycles. The summed E-state index contributed by atoms with van der Waals surface area (Å²) in [6, 6.07) is 53.5. The van der Waals surface area contributed by atoms with Crippen molar-refractivity contribution in [3.63, 3.8) is 0 Å². The fraction of sp³-hybridized carbons (Fsp3) is 0.170. The van der Waals surface area contributed by atoms with Crippen LogP contribution >= 0.6 is 0 Å². The molecule has 0 radical (unpaired) electrons. The van der Waals surface area contributed by atoms with Crippen LogP contribution < -0.4 is 5.73 Å². The number of aryl methyl sites for hydroxylation is 1. The van der Waals surface area contributed by atoms with Gasteiger partial charge in [0, 0.05) is 16.5 Å². The highest BCUT2D eigenvalue weighted by molar-refractivity contribution is 6.34. The molecule has 0 aliphatic carbocycles. The molecule has 2 N–H and O–H groups in total. The van der Waals surface area contributed by atoms with E-state index in [0.29, 0.717) is 0 Å². The molecule has 276 valence electrons. The number of rotatable bonds is 7. The van der Waals surface area contributed by atoms with Crippen LogP contribution in [0, 0.1) is 0 Å². The zero-order valence-corrected chi connectivity index (χ0v) is 33.0. The average Bonchev–Trinajstić information content (AvgIpc) is 3.63. The van der Waals surface area contributed by atoms with Crippen LogP contribution in [0.25, 0.3) is 76.7 Å². The minimum Gasteiger partial charge on any atom is -0.456 e. The lowest BCUT2D eigenvalue weighted by molar-refractivity contribution is 0.669. The first kappa shape index (κ1) is 38.6. The zero-order chi connectivity index (χ0) is 38.7. The van der Waals surface area contributed by atoms with Gasteiger partial charge in [-0.3, -0.25) is 0 Å². The third kappa shape index (κ3) is 8.66. The standard InChI is InChI=1S/C31H20O.C10H13N.C10H14.C2H6/c1-18(2)19-6-3-7-20(14-19)21-12-13-22-16-26-24-8-4-10-28-30(24)31-25(9-5-11-29(31)32-28)27(26)17-23(22)15-21;1-2-6-10(11)9-7-4-3-5-8-9;1-2-3-7-10-8-5-4-6-9-10;1-2/h3-17H,1H2,2H3;3-8H,2,11H2,1H3;4-6,8-9H,2-3,7H2,1H3;1-2H3/b;10-6+;;. The maximum absolute atomic E-state index is 6.18. The normalized spacial score (nSPS) is 11.2. The van der Waals surface area contributed by atoms with Crippen molar-refractivity contribution in [3.8, 4) is 11.1 Å². The van der Waals surface area contributed by atoms with E-state index in [1.54, 1.807) is 0 Å². The molecule has 9 rings (SSSR count). The van der Waals surface area contributed by atoms with Gasteiger partial charge in [-0.25, -0.2) is 0 Å². The molecule has 1 heterocycles. The second-order valence-corrected chi connectivity index (χ2v) is 13.8. The molecule has 0 aliphatic rings. The van der Waals surface area contributed by atoms with E-state index >= 15 is 0 Å². The Morgan fingerprint density at radius 3 is 1.75 bits per heavy atom. The van der Waals surface area contributed by atoms with E-state index in [1.165, 1.54) is 84.6 Å². The summed E-state index contributed by atoms with van der Waals surface area (Å²) < 4.78 is 6.18. The molecule has 9 aromatic rings. The number of nitrogens with two attached hydrogens (primary N) is 1. The number of fused-ring (bicyclic) bond motifs is 4. The molecule has 0 unspecified atom stereocenters. The van der Waals surface area contributed by atoms with Gasteiger partial charge in [-0.15, -0.1) is 0 Å². The van der Waals surface area contributed by atoms with E-state index in [-0.39, 0.29) is 0 Å². The van der Waals surface area contributed by atoms with Crippen molar-refractivity contribution in [1.82, 2.24) is 0 Å². The third-order valence-electron chi connectivity index (χ3n) is 9.96. The van der Waals surface area contributed by atoms with Crippen LogP contribution in [0.1, 0.15) is 70.6 Å². The molecule has 1 aromatic heterocycles. The number of hydrogen-bond acceptors (Lipinski definition) is 2. The lowest BCUT2D eigenvalue weighted by Gasteiger charge is -2.11. The lowest BCUT2D eigenvalue weighted by Crippen LogP contribution is -1.94. The zero-order valence-electron chi connectivity index (χ0n) is 33.0. The second-order valence-electron chi connectivity index (χ2n) is 13.8. The fourth-order valence-corrected chi connectivity index (χ4v) is 7.20. The summed E-state index contributed by atoms with van der Waals surface area (Å²) in [6.45, 7) is 14.5. The van der Waals surface area contributed by atoms with E-state index in [0.717, 1.165) is 34.4 Å². The van der Waals surface area contributed by atoms with Gasteiger partial charge < -0.3 is 10.2 Å². The van der Waals surface area contributed by atoms with Gasteiger partial charge in [0.25, 0.3) is 0 Å². The molecule has 0 spiro atoms. The Kier molecular flexibility index (Phi) is 12.8. The first-order chi connectivity index (χ1) is 26.9. The van der Waals surface area contributed by atoms with E-state index in [1.807, 2.05) is 50.3 Å². The lowest BCUT2D eigenvalue weighted by atomic mass is 9.91. The van der Waals surface area contributed by atoms with E-state index in [4.69, 9.17) is 10.2 Å². The molecule has 0 atom stereocenters. The van der Waals surface area contributed by atoms with Crippen molar-refractivity contribution in [2.24, 2.45) is 5.73 Å². The quantitative estimate of drug-likeness (QED) is 0.132. The summed E-state index contributed by atoms with van der Waals surface area (Å²) >= 11 is 0. The highest BCUT2D eigenvalue weighted by atomic mass is 16.3. The molecule has 2 nitrogen and oxygen atoms in total. The van der Waals surface area contributed by atoms with Gasteiger partial charge in [0.2, 0.25) is 0 Å². The predicted molar refractivity (Wildman–Crippen MR) is 243 cm³/mol. The Labute approximate surface area is 327 Å². The van der Waals surface area contributed by atoms with Crippen LogP contribution in [0.4, 0.5) is 0 Å². The van der Waals surface area contributed by atoms with Crippen molar-refractivity contribution in [2.45, 2.75) is 60.3 Å². The van der Waals surface area contributed by atoms with Gasteiger partial charge in [-0.05, 0) is 123 Å². The number of allylic oxidation sites excluding steroid dienone is 2. The van der Waals surface area contributed by atoms with Gasteiger partial charge in [0.15, 0.2) is 0 Å². The Balaban J connectivity index is 0.000000184. The van der Waals surface area contributed by atoms with Gasteiger partial charge in [0.1, 0.15) is 11.2 Å². The summed E-state index contributed by atoms with van der Waals surface area (Å²) in [4.78, 5) is 0. The molecule has 0 amide bonds. The van der Waals surface area contributed by atoms with Crippen LogP contribution in [0.3, 0.4) is 0 Å². The van der Waals surface area contributed by atoms with Gasteiger partial charge in [0.05, 0.1) is 0 Å². The molecule has 2 heteroatoms. The monoisotopic (exact) mass is 719 g/mol. The maximum atomic E-state index is 6.18. The van der Waals surface area contributed by atoms with Crippen LogP contribution in [0.2, 0.25) is 0 Å². The second kappa shape index (κ2) is 18.3. The molecular formula is C53H53NO. The molecule has 0 fully saturated rings. The van der Waals surface area contributed by atoms with Gasteiger partial charge in [-0.1, -0.05) is 168 Å². The van der Waals surface area contributed by atoms with Crippen LogP contribution in [0.15, 0.2) is 169 Å². The van der Waals surface area contributed by atoms with Gasteiger partial charge in [-0.2, -0.15) is 0 Å². The Morgan fingerprint density at radius 2 is 1.15 bits per heavy atom. The molecule has 0 saturated carbocycles. The number of benzene rings is 8. The van der Waals surface area contributed by atoms with E-state index in [9.17, 15) is 0 Å². The highest BCUT2D eigenvalue weighted by Gasteiger charge is 2.17. The summed E-state index contributed by atoms with van der Waals surface area (Å²) in [5, 5.41) is 10.0. The van der Waals surface area contributed by atoms with Crippen molar-refractivity contribution in [1.29, 1.82) is 0 Å². The van der Waals surface area contributed by atoms with Crippen molar-refractivity contribution in [3.05, 3.63) is 181 Å². The Hall–Kier alpha value is -6.12. The predicted octanol–water partition coefficient (Wildman–Crippen LogP) is 15.6. The Morgan fingerprint density at radius 1 is 0.582 bits per heavy atom. The molecule has 0 aliphatic heterocycles. The largest absolute Gasteiger partial charge is 0.456 e. The number of hydrogen-bond donors (Lipinski definition) is 1. The minimum absolute atomic E-state index is 0.869. The van der Waals surface area contributed by atoms with E-state index in [2.05, 4.69) is 149 Å². The SMILES string of the molecule is C=C(C)c1cccc(-c2ccc3cc4c(cc3c2)c2cccc3oc5cccc4c5c32)c1.CC.CC/C=C(/N)c1ccccc1.CCCCc1ccccc1. The average molecular weight is 720 g/mol. The summed E-state index contributed by atoms with van der Waals surface area (Å²) in [6.07, 6.45) is 6.84. The first-order valence-electron chi connectivity index (χ1n) is 19.8. The summed E-state index contributed by atoms with van der Waals surface area (Å²) in [5.41, 5.74) is 15.8. The Bertz CT molecular complexity index is 2660. The van der Waals surface area contributed by atoms with Crippen molar-refractivity contribution >= 4 is 65.5 Å². The minimum atomic E-state index is 0.869. The molecule has 0 bridgehead atoms. The first-order valence-corrected chi connectivity index (χ1v) is 19.8. The smallest absolute Gasteiger partial charge is 0.136 e. The molecule has 0 saturated heterocycles. The highest BCUT2D eigenvalue weighted by Crippen LogP contribution is 2.43. The molecule has 55 heavy (non-hydrogen) atoms. The fourth-order valence-electron chi connectivity index (χ4n) is 7.20. The number of furan rings is 1. The van der Waals surface area contributed by atoms with E-state index < -0.39 is 0 Å². The number of unbranched alkanes of at least 4 members (excludes halogenated alkanes) is 1.